The van der Waals surface area contributed by atoms with Crippen molar-refractivity contribution < 1.29 is 23.9 Å². The maximum absolute atomic E-state index is 12.6. The average molecular weight is 412 g/mol. The Morgan fingerprint density at radius 3 is 2.50 bits per heavy atom. The van der Waals surface area contributed by atoms with Gasteiger partial charge in [0.05, 0.1) is 30.7 Å². The molecular weight excluding hydrogens is 386 g/mol. The zero-order valence-electron chi connectivity index (χ0n) is 16.4. The fraction of sp³-hybridized carbons (Fsp3) is 0.579. The van der Waals surface area contributed by atoms with Gasteiger partial charge in [-0.15, -0.1) is 0 Å². The second kappa shape index (κ2) is 10.3. The Labute approximate surface area is 169 Å². The van der Waals surface area contributed by atoms with E-state index in [9.17, 15) is 14.4 Å². The molecule has 0 saturated carbocycles. The molecule has 0 N–H and O–H groups in total. The highest BCUT2D eigenvalue weighted by Crippen LogP contribution is 2.21. The van der Waals surface area contributed by atoms with Crippen LogP contribution in [0.2, 0.25) is 5.02 Å². The van der Waals surface area contributed by atoms with Gasteiger partial charge in [0.2, 0.25) is 11.8 Å². The van der Waals surface area contributed by atoms with Crippen LogP contribution in [0, 0.1) is 5.92 Å². The van der Waals surface area contributed by atoms with Gasteiger partial charge in [0.1, 0.15) is 0 Å². The molecule has 2 rings (SSSR count). The second-order valence-corrected chi connectivity index (χ2v) is 6.89. The molecule has 28 heavy (non-hydrogen) atoms. The first-order valence-corrected chi connectivity index (χ1v) is 9.74. The van der Waals surface area contributed by atoms with Crippen molar-refractivity contribution in [2.45, 2.75) is 26.7 Å². The van der Waals surface area contributed by atoms with Gasteiger partial charge in [-0.1, -0.05) is 11.6 Å². The molecule has 1 aliphatic rings. The largest absolute Gasteiger partial charge is 0.478 e. The van der Waals surface area contributed by atoms with Crippen molar-refractivity contribution in [2.75, 3.05) is 39.9 Å². The third-order valence-corrected chi connectivity index (χ3v) is 4.81. The number of nitrogens with zero attached hydrogens (tertiary/aromatic N) is 3. The summed E-state index contributed by atoms with van der Waals surface area (Å²) in [6.07, 6.45) is 1.12. The summed E-state index contributed by atoms with van der Waals surface area (Å²) in [6.45, 7) is 5.18. The van der Waals surface area contributed by atoms with Crippen LogP contribution in [0.15, 0.2) is 12.1 Å². The number of halogens is 1. The highest BCUT2D eigenvalue weighted by Gasteiger charge is 2.29. The summed E-state index contributed by atoms with van der Waals surface area (Å²) in [7, 11) is 1.52. The monoisotopic (exact) mass is 411 g/mol. The number of piperidine rings is 1. The van der Waals surface area contributed by atoms with Crippen LogP contribution in [0.25, 0.3) is 0 Å². The Kier molecular flexibility index (Phi) is 8.04. The molecule has 0 aromatic carbocycles. The van der Waals surface area contributed by atoms with Gasteiger partial charge in [0.15, 0.2) is 5.69 Å². The minimum Gasteiger partial charge on any atom is -0.478 e. The Morgan fingerprint density at radius 2 is 1.89 bits per heavy atom. The summed E-state index contributed by atoms with van der Waals surface area (Å²) in [6, 6.07) is 3.13. The van der Waals surface area contributed by atoms with E-state index in [1.807, 2.05) is 6.92 Å². The SMILES string of the molecule is CCOC(=O)C1CCN(C(=O)CN(C)C(=O)c2nc(OCC)ccc2Cl)CC1. The van der Waals surface area contributed by atoms with E-state index in [4.69, 9.17) is 21.1 Å². The highest BCUT2D eigenvalue weighted by molar-refractivity contribution is 6.33. The quantitative estimate of drug-likeness (QED) is 0.637. The predicted octanol–water partition coefficient (Wildman–Crippen LogP) is 2.01. The number of carbonyl (C=O) groups excluding carboxylic acids is 3. The third-order valence-electron chi connectivity index (χ3n) is 4.50. The number of likely N-dealkylation sites (tertiary alicyclic amines) is 1. The molecule has 0 spiro atoms. The van der Waals surface area contributed by atoms with E-state index in [1.54, 1.807) is 24.0 Å². The molecule has 8 nitrogen and oxygen atoms in total. The molecule has 9 heteroatoms. The highest BCUT2D eigenvalue weighted by atomic mass is 35.5. The summed E-state index contributed by atoms with van der Waals surface area (Å²) < 4.78 is 10.3. The smallest absolute Gasteiger partial charge is 0.309 e. The first-order chi connectivity index (χ1) is 13.4. The Morgan fingerprint density at radius 1 is 1.21 bits per heavy atom. The molecule has 2 amide bonds. The number of ether oxygens (including phenoxy) is 2. The van der Waals surface area contributed by atoms with E-state index in [2.05, 4.69) is 4.98 Å². The molecule has 0 bridgehead atoms. The van der Waals surface area contributed by atoms with Crippen molar-refractivity contribution >= 4 is 29.4 Å². The van der Waals surface area contributed by atoms with Crippen LogP contribution in [-0.4, -0.2) is 72.5 Å². The topological polar surface area (TPSA) is 89.0 Å². The molecule has 1 saturated heterocycles. The summed E-state index contributed by atoms with van der Waals surface area (Å²) in [5, 5.41) is 0.197. The molecule has 1 aromatic heterocycles. The molecular formula is C19H26ClN3O5. The Hall–Kier alpha value is -2.35. The number of pyridine rings is 1. The van der Waals surface area contributed by atoms with Gasteiger partial charge in [0, 0.05) is 26.2 Å². The normalized spacial score (nSPS) is 14.5. The van der Waals surface area contributed by atoms with Crippen molar-refractivity contribution in [1.29, 1.82) is 0 Å². The van der Waals surface area contributed by atoms with Crippen molar-refractivity contribution in [1.82, 2.24) is 14.8 Å². The van der Waals surface area contributed by atoms with Gasteiger partial charge < -0.3 is 19.3 Å². The third kappa shape index (κ3) is 5.58. The minimum atomic E-state index is -0.457. The average Bonchev–Trinajstić information content (AvgIpc) is 2.69. The second-order valence-electron chi connectivity index (χ2n) is 6.48. The standard InChI is InChI=1S/C19H26ClN3O5/c1-4-27-15-7-6-14(20)17(21-15)18(25)22(3)12-16(24)23-10-8-13(9-11-23)19(26)28-5-2/h6-7,13H,4-5,8-12H2,1-3H3. The number of likely N-dealkylation sites (N-methyl/N-ethyl adjacent to an activating group) is 1. The van der Waals surface area contributed by atoms with E-state index < -0.39 is 5.91 Å². The number of aromatic nitrogens is 1. The van der Waals surface area contributed by atoms with Crippen LogP contribution >= 0.6 is 11.6 Å². The number of rotatable bonds is 7. The van der Waals surface area contributed by atoms with Gasteiger partial charge in [-0.05, 0) is 32.8 Å². The lowest BCUT2D eigenvalue weighted by Gasteiger charge is -2.32. The Balaban J connectivity index is 1.93. The predicted molar refractivity (Wildman–Crippen MR) is 103 cm³/mol. The number of carbonyl (C=O) groups is 3. The van der Waals surface area contributed by atoms with Crippen LogP contribution in [0.5, 0.6) is 5.88 Å². The van der Waals surface area contributed by atoms with Crippen LogP contribution in [0.3, 0.4) is 0 Å². The fourth-order valence-corrected chi connectivity index (χ4v) is 3.17. The van der Waals surface area contributed by atoms with Crippen molar-refractivity contribution in [2.24, 2.45) is 5.92 Å². The van der Waals surface area contributed by atoms with Gasteiger partial charge in [0.25, 0.3) is 5.91 Å². The summed E-state index contributed by atoms with van der Waals surface area (Å²) in [5.41, 5.74) is 0.0453. The van der Waals surface area contributed by atoms with Crippen molar-refractivity contribution in [3.05, 3.63) is 22.8 Å². The van der Waals surface area contributed by atoms with Gasteiger partial charge in [-0.3, -0.25) is 14.4 Å². The molecule has 1 aromatic rings. The number of hydrogen-bond donors (Lipinski definition) is 0. The van der Waals surface area contributed by atoms with Crippen LogP contribution < -0.4 is 4.74 Å². The lowest BCUT2D eigenvalue weighted by Crippen LogP contribution is -2.45. The molecule has 2 heterocycles. The van der Waals surface area contributed by atoms with E-state index >= 15 is 0 Å². The maximum atomic E-state index is 12.6. The first-order valence-electron chi connectivity index (χ1n) is 9.36. The summed E-state index contributed by atoms with van der Waals surface area (Å²) >= 11 is 6.09. The van der Waals surface area contributed by atoms with Crippen molar-refractivity contribution in [3.8, 4) is 5.88 Å². The molecule has 0 atom stereocenters. The van der Waals surface area contributed by atoms with Crippen LogP contribution in [-0.2, 0) is 14.3 Å². The molecule has 0 radical (unpaired) electrons. The van der Waals surface area contributed by atoms with E-state index in [-0.39, 0.29) is 35.1 Å². The lowest BCUT2D eigenvalue weighted by molar-refractivity contribution is -0.151. The van der Waals surface area contributed by atoms with E-state index in [0.29, 0.717) is 45.0 Å². The lowest BCUT2D eigenvalue weighted by atomic mass is 9.97. The molecule has 154 valence electrons. The molecule has 1 fully saturated rings. The van der Waals surface area contributed by atoms with Crippen LogP contribution in [0.4, 0.5) is 0 Å². The van der Waals surface area contributed by atoms with E-state index in [1.165, 1.54) is 11.9 Å². The fourth-order valence-electron chi connectivity index (χ4n) is 2.98. The number of hydrogen-bond acceptors (Lipinski definition) is 6. The number of amides is 2. The van der Waals surface area contributed by atoms with Gasteiger partial charge in [-0.2, -0.15) is 0 Å². The Bertz CT molecular complexity index is 720. The summed E-state index contributed by atoms with van der Waals surface area (Å²) in [5.74, 6) is -0.725. The first kappa shape index (κ1) is 21.9. The molecule has 1 aliphatic heterocycles. The number of esters is 1. The van der Waals surface area contributed by atoms with Gasteiger partial charge in [-0.25, -0.2) is 4.98 Å². The molecule has 0 unspecified atom stereocenters. The zero-order valence-corrected chi connectivity index (χ0v) is 17.2. The minimum absolute atomic E-state index is 0.0453. The maximum Gasteiger partial charge on any atom is 0.309 e. The summed E-state index contributed by atoms with van der Waals surface area (Å²) in [4.78, 5) is 44.0. The van der Waals surface area contributed by atoms with Crippen molar-refractivity contribution in [3.63, 3.8) is 0 Å². The van der Waals surface area contributed by atoms with Gasteiger partial charge >= 0.3 is 5.97 Å². The van der Waals surface area contributed by atoms with Crippen LogP contribution in [0.1, 0.15) is 37.2 Å². The zero-order chi connectivity index (χ0) is 20.7. The van der Waals surface area contributed by atoms with E-state index in [0.717, 1.165) is 0 Å². The molecule has 0 aliphatic carbocycles.